The van der Waals surface area contributed by atoms with Gasteiger partial charge in [-0.3, -0.25) is 0 Å². The van der Waals surface area contributed by atoms with E-state index in [1.165, 1.54) is 12.1 Å². The summed E-state index contributed by atoms with van der Waals surface area (Å²) in [6.45, 7) is 0. The van der Waals surface area contributed by atoms with Crippen molar-refractivity contribution < 1.29 is 49.0 Å². The standard InChI is InChI=1S/C9H6Cl2O4.Na/c10-6-4-2-1-3-5(6)9(14)15-7(11)8(12)13;/h1-4,7H,(H,12,13);/q;+1/p-1. The van der Waals surface area contributed by atoms with Crippen molar-refractivity contribution in [2.75, 3.05) is 0 Å². The number of rotatable bonds is 3. The molecule has 7 heteroatoms. The van der Waals surface area contributed by atoms with E-state index in [9.17, 15) is 14.7 Å². The summed E-state index contributed by atoms with van der Waals surface area (Å²) < 4.78 is 4.36. The third-order valence-corrected chi connectivity index (χ3v) is 2.09. The molecule has 0 spiro atoms. The first-order chi connectivity index (χ1) is 7.02. The zero-order chi connectivity index (χ0) is 11.4. The van der Waals surface area contributed by atoms with Gasteiger partial charge in [0, 0.05) is 0 Å². The van der Waals surface area contributed by atoms with Gasteiger partial charge in [-0.1, -0.05) is 35.3 Å². The van der Waals surface area contributed by atoms with Crippen molar-refractivity contribution in [1.82, 2.24) is 0 Å². The normalized spacial score (nSPS) is 11.1. The number of carbonyl (C=O) groups excluding carboxylic acids is 2. The largest absolute Gasteiger partial charge is 1.00 e. The van der Waals surface area contributed by atoms with Crippen LogP contribution in [0.5, 0.6) is 0 Å². The minimum absolute atomic E-state index is 0. The van der Waals surface area contributed by atoms with Gasteiger partial charge in [-0.25, -0.2) is 4.79 Å². The Bertz CT molecular complexity index is 397. The maximum atomic E-state index is 11.3. The molecule has 80 valence electrons. The molecule has 1 unspecified atom stereocenters. The number of ether oxygens (including phenoxy) is 1. The van der Waals surface area contributed by atoms with Gasteiger partial charge in [0.1, 0.15) is 0 Å². The third kappa shape index (κ3) is 4.31. The van der Waals surface area contributed by atoms with Crippen LogP contribution in [0, 0.1) is 0 Å². The molecular formula is C9H5Cl2NaO4. The predicted molar refractivity (Wildman–Crippen MR) is 51.5 cm³/mol. The molecule has 0 aliphatic rings. The van der Waals surface area contributed by atoms with Crippen molar-refractivity contribution in [1.29, 1.82) is 0 Å². The Hall–Kier alpha value is -0.260. The average Bonchev–Trinajstić information content (AvgIpc) is 2.18. The zero-order valence-corrected chi connectivity index (χ0v) is 11.8. The molecule has 1 aromatic carbocycles. The molecule has 0 radical (unpaired) electrons. The predicted octanol–water partition coefficient (Wildman–Crippen LogP) is -2.18. The summed E-state index contributed by atoms with van der Waals surface area (Å²) in [6, 6.07) is 6.05. The number of carboxylic acid groups (broad SMARTS) is 1. The van der Waals surface area contributed by atoms with Crippen molar-refractivity contribution in [2.24, 2.45) is 0 Å². The summed E-state index contributed by atoms with van der Waals surface area (Å²) in [4.78, 5) is 21.5. The second-order valence-electron chi connectivity index (χ2n) is 2.52. The van der Waals surface area contributed by atoms with Gasteiger partial charge in [0.15, 0.2) is 0 Å². The number of alkyl halides is 1. The average molecular weight is 271 g/mol. The molecule has 1 rings (SSSR count). The van der Waals surface area contributed by atoms with E-state index in [0.29, 0.717) is 0 Å². The van der Waals surface area contributed by atoms with E-state index < -0.39 is 17.5 Å². The fraction of sp³-hybridized carbons (Fsp3) is 0.111. The van der Waals surface area contributed by atoms with Gasteiger partial charge < -0.3 is 14.6 Å². The second kappa shape index (κ2) is 7.14. The van der Waals surface area contributed by atoms with Crippen LogP contribution >= 0.6 is 23.2 Å². The topological polar surface area (TPSA) is 66.4 Å². The fourth-order valence-electron chi connectivity index (χ4n) is 0.832. The Morgan fingerprint density at radius 2 is 1.88 bits per heavy atom. The molecule has 0 aliphatic heterocycles. The van der Waals surface area contributed by atoms with Gasteiger partial charge in [-0.15, -0.1) is 0 Å². The third-order valence-electron chi connectivity index (χ3n) is 1.49. The smallest absolute Gasteiger partial charge is 0.545 e. The number of carbonyl (C=O) groups is 2. The van der Waals surface area contributed by atoms with E-state index in [-0.39, 0.29) is 40.1 Å². The van der Waals surface area contributed by atoms with Gasteiger partial charge in [-0.05, 0) is 12.1 Å². The maximum absolute atomic E-state index is 11.3. The molecular weight excluding hydrogens is 266 g/mol. The van der Waals surface area contributed by atoms with Gasteiger partial charge in [-0.2, -0.15) is 0 Å². The Morgan fingerprint density at radius 3 is 2.38 bits per heavy atom. The summed E-state index contributed by atoms with van der Waals surface area (Å²) in [5, 5.41) is 10.4. The second-order valence-corrected chi connectivity index (χ2v) is 3.32. The van der Waals surface area contributed by atoms with Crippen LogP contribution in [0.25, 0.3) is 0 Å². The molecule has 0 heterocycles. The number of hydrogen-bond acceptors (Lipinski definition) is 4. The molecule has 0 saturated carbocycles. The monoisotopic (exact) mass is 270 g/mol. The molecule has 0 N–H and O–H groups in total. The molecule has 0 amide bonds. The Balaban J connectivity index is 0.00000225. The molecule has 0 aromatic heterocycles. The number of benzene rings is 1. The van der Waals surface area contributed by atoms with Gasteiger partial charge in [0.25, 0.3) is 0 Å². The minimum atomic E-state index is -1.83. The number of hydrogen-bond donors (Lipinski definition) is 0. The molecule has 16 heavy (non-hydrogen) atoms. The van der Waals surface area contributed by atoms with Crippen LogP contribution in [-0.2, 0) is 9.53 Å². The van der Waals surface area contributed by atoms with E-state index in [2.05, 4.69) is 4.74 Å². The van der Waals surface area contributed by atoms with Gasteiger partial charge >= 0.3 is 35.5 Å². The molecule has 1 aromatic rings. The van der Waals surface area contributed by atoms with Crippen LogP contribution in [0.4, 0.5) is 0 Å². The quantitative estimate of drug-likeness (QED) is 0.356. The first kappa shape index (κ1) is 15.7. The number of aliphatic carboxylic acids is 1. The molecule has 0 aliphatic carbocycles. The molecule has 0 bridgehead atoms. The summed E-state index contributed by atoms with van der Waals surface area (Å²) in [7, 11) is 0. The van der Waals surface area contributed by atoms with Crippen molar-refractivity contribution in [3.05, 3.63) is 34.9 Å². The number of esters is 1. The Labute approximate surface area is 124 Å². The number of carboxylic acids is 1. The van der Waals surface area contributed by atoms with E-state index in [0.717, 1.165) is 0 Å². The molecule has 0 saturated heterocycles. The van der Waals surface area contributed by atoms with Crippen LogP contribution in [0.1, 0.15) is 10.4 Å². The molecule has 1 atom stereocenters. The van der Waals surface area contributed by atoms with Crippen molar-refractivity contribution in [3.63, 3.8) is 0 Å². The van der Waals surface area contributed by atoms with Crippen LogP contribution in [0.15, 0.2) is 24.3 Å². The fourth-order valence-corrected chi connectivity index (χ4v) is 1.13. The van der Waals surface area contributed by atoms with E-state index in [1.807, 2.05) is 0 Å². The first-order valence-corrected chi connectivity index (χ1v) is 4.64. The summed E-state index contributed by atoms with van der Waals surface area (Å²) in [5.41, 5.74) is -1.78. The molecule has 4 nitrogen and oxygen atoms in total. The summed E-state index contributed by atoms with van der Waals surface area (Å²) in [6.07, 6.45) is 0. The van der Waals surface area contributed by atoms with Gasteiger partial charge in [0.2, 0.25) is 5.56 Å². The summed E-state index contributed by atoms with van der Waals surface area (Å²) in [5.74, 6) is -2.60. The van der Waals surface area contributed by atoms with Crippen LogP contribution in [0.2, 0.25) is 5.02 Å². The first-order valence-electron chi connectivity index (χ1n) is 3.83. The summed E-state index contributed by atoms with van der Waals surface area (Å²) >= 11 is 10.8. The van der Waals surface area contributed by atoms with Crippen LogP contribution in [-0.4, -0.2) is 17.5 Å². The van der Waals surface area contributed by atoms with Crippen LogP contribution < -0.4 is 34.7 Å². The molecule has 0 fully saturated rings. The SMILES string of the molecule is O=C(OC(Cl)C(=O)[O-])c1ccccc1Cl.[Na+]. The van der Waals surface area contributed by atoms with Crippen molar-refractivity contribution in [3.8, 4) is 0 Å². The van der Waals surface area contributed by atoms with E-state index >= 15 is 0 Å². The minimum Gasteiger partial charge on any atom is -0.545 e. The zero-order valence-electron chi connectivity index (χ0n) is 8.28. The van der Waals surface area contributed by atoms with Gasteiger partial charge in [0.05, 0.1) is 16.6 Å². The Morgan fingerprint density at radius 1 is 1.31 bits per heavy atom. The van der Waals surface area contributed by atoms with E-state index in [4.69, 9.17) is 23.2 Å². The Kier molecular flexibility index (Phi) is 7.03. The van der Waals surface area contributed by atoms with Crippen molar-refractivity contribution >= 4 is 35.1 Å². The van der Waals surface area contributed by atoms with Crippen molar-refractivity contribution in [2.45, 2.75) is 5.56 Å². The van der Waals surface area contributed by atoms with E-state index in [1.54, 1.807) is 12.1 Å². The number of halogens is 2. The van der Waals surface area contributed by atoms with Crippen LogP contribution in [0.3, 0.4) is 0 Å². The maximum Gasteiger partial charge on any atom is 1.00 e.